The number of carbonyl (C=O) groups excluding carboxylic acids is 2. The molecule has 0 bridgehead atoms. The van der Waals surface area contributed by atoms with E-state index in [0.29, 0.717) is 11.4 Å². The van der Waals surface area contributed by atoms with Crippen LogP contribution in [0, 0.1) is 12.7 Å². The fourth-order valence-corrected chi connectivity index (χ4v) is 3.52. The number of hydrogen-bond acceptors (Lipinski definition) is 3. The molecule has 1 aromatic heterocycles. The van der Waals surface area contributed by atoms with Crippen LogP contribution in [0.5, 0.6) is 0 Å². The lowest BCUT2D eigenvalue weighted by Crippen LogP contribution is -2.45. The average Bonchev–Trinajstić information content (AvgIpc) is 3.54. The molecular weight excluding hydrogens is 409 g/mol. The SMILES string of the molecule is Cc1ccc(CN(Cc2ccc(F)cc2)C(=O)CN(C(=O)Nc2ccccc2)C2CC2)o1. The normalized spacial score (nSPS) is 12.9. The van der Waals surface area contributed by atoms with Crippen LogP contribution in [0.3, 0.4) is 0 Å². The number of urea groups is 1. The molecule has 0 saturated heterocycles. The number of benzene rings is 2. The molecular formula is C25H26FN3O3. The van der Waals surface area contributed by atoms with Gasteiger partial charge >= 0.3 is 6.03 Å². The molecule has 0 unspecified atom stereocenters. The molecule has 1 aliphatic carbocycles. The van der Waals surface area contributed by atoms with Crippen molar-refractivity contribution in [2.75, 3.05) is 11.9 Å². The largest absolute Gasteiger partial charge is 0.464 e. The van der Waals surface area contributed by atoms with Crippen molar-refractivity contribution in [1.82, 2.24) is 9.80 Å². The van der Waals surface area contributed by atoms with Gasteiger partial charge in [-0.1, -0.05) is 30.3 Å². The molecule has 6 nitrogen and oxygen atoms in total. The molecule has 3 amide bonds. The Morgan fingerprint density at radius 3 is 2.34 bits per heavy atom. The number of rotatable bonds is 8. The van der Waals surface area contributed by atoms with E-state index in [2.05, 4.69) is 5.32 Å². The van der Waals surface area contributed by atoms with Crippen LogP contribution in [-0.4, -0.2) is 34.3 Å². The van der Waals surface area contributed by atoms with Crippen molar-refractivity contribution in [2.45, 2.75) is 38.9 Å². The zero-order chi connectivity index (χ0) is 22.5. The van der Waals surface area contributed by atoms with Gasteiger partial charge in [0.15, 0.2) is 0 Å². The Hall–Kier alpha value is -3.61. The topological polar surface area (TPSA) is 65.8 Å². The highest BCUT2D eigenvalue weighted by molar-refractivity contribution is 5.92. The standard InChI is InChI=1S/C25H26FN3O3/c1-18-7-14-23(32-18)16-28(15-19-8-10-20(26)11-9-19)24(30)17-29(22-12-13-22)25(31)27-21-5-3-2-4-6-21/h2-11,14,22H,12-13,15-17H2,1H3,(H,27,31). The predicted octanol–water partition coefficient (Wildman–Crippen LogP) is 4.95. The number of halogens is 1. The zero-order valence-electron chi connectivity index (χ0n) is 18.0. The number of aryl methyl sites for hydroxylation is 1. The summed E-state index contributed by atoms with van der Waals surface area (Å²) >= 11 is 0. The van der Waals surface area contributed by atoms with E-state index < -0.39 is 0 Å². The van der Waals surface area contributed by atoms with Crippen LogP contribution in [-0.2, 0) is 17.9 Å². The van der Waals surface area contributed by atoms with Gasteiger partial charge in [-0.05, 0) is 61.7 Å². The lowest BCUT2D eigenvalue weighted by atomic mass is 10.2. The van der Waals surface area contributed by atoms with Crippen LogP contribution in [0.2, 0.25) is 0 Å². The highest BCUT2D eigenvalue weighted by Gasteiger charge is 2.35. The van der Waals surface area contributed by atoms with Crippen LogP contribution >= 0.6 is 0 Å². The Morgan fingerprint density at radius 2 is 1.72 bits per heavy atom. The average molecular weight is 435 g/mol. The van der Waals surface area contributed by atoms with E-state index in [1.807, 2.05) is 49.4 Å². The van der Waals surface area contributed by atoms with Gasteiger partial charge < -0.3 is 19.5 Å². The Bertz CT molecular complexity index is 1060. The van der Waals surface area contributed by atoms with Gasteiger partial charge in [0.1, 0.15) is 23.9 Å². The number of furan rings is 1. The highest BCUT2D eigenvalue weighted by Crippen LogP contribution is 2.28. The minimum Gasteiger partial charge on any atom is -0.464 e. The second kappa shape index (κ2) is 9.68. The van der Waals surface area contributed by atoms with Crippen LogP contribution in [0.15, 0.2) is 71.1 Å². The molecule has 3 aromatic rings. The third-order valence-corrected chi connectivity index (χ3v) is 5.36. The van der Waals surface area contributed by atoms with Crippen molar-refractivity contribution >= 4 is 17.6 Å². The van der Waals surface area contributed by atoms with E-state index in [-0.39, 0.29) is 43.4 Å². The first kappa shape index (κ1) is 21.6. The van der Waals surface area contributed by atoms with E-state index in [0.717, 1.165) is 24.2 Å². The summed E-state index contributed by atoms with van der Waals surface area (Å²) < 4.78 is 19.0. The van der Waals surface area contributed by atoms with Gasteiger partial charge in [-0.15, -0.1) is 0 Å². The van der Waals surface area contributed by atoms with E-state index in [1.54, 1.807) is 21.9 Å². The maximum absolute atomic E-state index is 13.3. The van der Waals surface area contributed by atoms with Crippen molar-refractivity contribution in [3.05, 3.63) is 89.6 Å². The number of carbonyl (C=O) groups is 2. The number of amides is 3. The van der Waals surface area contributed by atoms with Crippen molar-refractivity contribution in [3.8, 4) is 0 Å². The Kier molecular flexibility index (Phi) is 6.54. The van der Waals surface area contributed by atoms with Gasteiger partial charge in [0, 0.05) is 18.3 Å². The monoisotopic (exact) mass is 435 g/mol. The summed E-state index contributed by atoms with van der Waals surface area (Å²) in [5.41, 5.74) is 1.49. The van der Waals surface area contributed by atoms with Gasteiger partial charge in [-0.2, -0.15) is 0 Å². The van der Waals surface area contributed by atoms with Crippen LogP contribution in [0.4, 0.5) is 14.9 Å². The maximum Gasteiger partial charge on any atom is 0.322 e. The Morgan fingerprint density at radius 1 is 1.00 bits per heavy atom. The lowest BCUT2D eigenvalue weighted by Gasteiger charge is -2.27. The number of nitrogens with one attached hydrogen (secondary N) is 1. The molecule has 0 aliphatic heterocycles. The lowest BCUT2D eigenvalue weighted by molar-refractivity contribution is -0.133. The Labute approximate surface area is 186 Å². The Balaban J connectivity index is 1.49. The molecule has 1 fully saturated rings. The summed E-state index contributed by atoms with van der Waals surface area (Å²) in [6.07, 6.45) is 1.76. The molecule has 166 valence electrons. The van der Waals surface area contributed by atoms with Gasteiger partial charge in [-0.25, -0.2) is 9.18 Å². The molecule has 0 radical (unpaired) electrons. The summed E-state index contributed by atoms with van der Waals surface area (Å²) in [7, 11) is 0. The summed E-state index contributed by atoms with van der Waals surface area (Å²) in [5.74, 6) is 0.893. The molecule has 7 heteroatoms. The van der Waals surface area contributed by atoms with Crippen LogP contribution in [0.25, 0.3) is 0 Å². The van der Waals surface area contributed by atoms with Crippen LogP contribution in [0.1, 0.15) is 29.9 Å². The van der Waals surface area contributed by atoms with Crippen molar-refractivity contribution < 1.29 is 18.4 Å². The molecule has 32 heavy (non-hydrogen) atoms. The smallest absolute Gasteiger partial charge is 0.322 e. The summed E-state index contributed by atoms with van der Waals surface area (Å²) in [4.78, 5) is 29.4. The third-order valence-electron chi connectivity index (χ3n) is 5.36. The second-order valence-corrected chi connectivity index (χ2v) is 8.04. The quantitative estimate of drug-likeness (QED) is 0.544. The molecule has 1 saturated carbocycles. The van der Waals surface area contributed by atoms with Crippen molar-refractivity contribution in [2.24, 2.45) is 0 Å². The summed E-state index contributed by atoms with van der Waals surface area (Å²) in [6.45, 7) is 2.36. The molecule has 2 aromatic carbocycles. The predicted molar refractivity (Wildman–Crippen MR) is 119 cm³/mol. The van der Waals surface area contributed by atoms with E-state index in [9.17, 15) is 14.0 Å². The van der Waals surface area contributed by atoms with Crippen LogP contribution < -0.4 is 5.32 Å². The highest BCUT2D eigenvalue weighted by atomic mass is 19.1. The van der Waals surface area contributed by atoms with Gasteiger partial charge in [0.2, 0.25) is 5.91 Å². The zero-order valence-corrected chi connectivity index (χ0v) is 18.0. The summed E-state index contributed by atoms with van der Waals surface area (Å²) in [6, 6.07) is 18.7. The first-order valence-electron chi connectivity index (χ1n) is 10.7. The molecule has 0 spiro atoms. The molecule has 4 rings (SSSR count). The fraction of sp³-hybridized carbons (Fsp3) is 0.280. The second-order valence-electron chi connectivity index (χ2n) is 8.04. The summed E-state index contributed by atoms with van der Waals surface area (Å²) in [5, 5.41) is 2.87. The first-order valence-corrected chi connectivity index (χ1v) is 10.7. The fourth-order valence-electron chi connectivity index (χ4n) is 3.52. The van der Waals surface area contributed by atoms with Crippen molar-refractivity contribution in [3.63, 3.8) is 0 Å². The van der Waals surface area contributed by atoms with E-state index in [1.165, 1.54) is 12.1 Å². The first-order chi connectivity index (χ1) is 15.5. The number of para-hydroxylation sites is 1. The van der Waals surface area contributed by atoms with E-state index in [4.69, 9.17) is 4.42 Å². The minimum atomic E-state index is -0.328. The van der Waals surface area contributed by atoms with Gasteiger partial charge in [0.25, 0.3) is 0 Å². The molecule has 1 aliphatic rings. The third kappa shape index (κ3) is 5.75. The molecule has 1 heterocycles. The number of hydrogen-bond donors (Lipinski definition) is 1. The minimum absolute atomic E-state index is 0.0375. The molecule has 0 atom stereocenters. The number of nitrogens with zero attached hydrogens (tertiary/aromatic N) is 2. The van der Waals surface area contributed by atoms with Gasteiger partial charge in [-0.3, -0.25) is 4.79 Å². The molecule has 1 N–H and O–H groups in total. The van der Waals surface area contributed by atoms with Gasteiger partial charge in [0.05, 0.1) is 6.54 Å². The van der Waals surface area contributed by atoms with Crippen molar-refractivity contribution in [1.29, 1.82) is 0 Å². The maximum atomic E-state index is 13.3. The number of anilines is 1. The van der Waals surface area contributed by atoms with E-state index >= 15 is 0 Å².